The van der Waals surface area contributed by atoms with Crippen LogP contribution in [-0.4, -0.2) is 27.5 Å². The fourth-order valence-corrected chi connectivity index (χ4v) is 4.80. The number of aromatic amines is 1. The van der Waals surface area contributed by atoms with Crippen LogP contribution in [-0.2, 0) is 15.1 Å². The smallest absolute Gasteiger partial charge is 0.330 e. The Morgan fingerprint density at radius 2 is 1.76 bits per heavy atom. The summed E-state index contributed by atoms with van der Waals surface area (Å²) < 4.78 is 44.1. The highest BCUT2D eigenvalue weighted by Gasteiger charge is 2.68. The van der Waals surface area contributed by atoms with Gasteiger partial charge in [0.15, 0.2) is 0 Å². The Labute approximate surface area is 192 Å². The molecule has 4 rings (SSSR count). The number of nitrogens with one attached hydrogen (secondary N) is 3. The van der Waals surface area contributed by atoms with Crippen molar-refractivity contribution in [3.05, 3.63) is 56.2 Å². The predicted molar refractivity (Wildman–Crippen MR) is 118 cm³/mol. The molecular weight excluding hydrogens is 453 g/mol. The number of fused-ring (bicyclic) bond motifs is 1. The monoisotopic (exact) mass is 478 g/mol. The maximum Gasteiger partial charge on any atom is 0.425 e. The molecule has 182 valence electrons. The molecule has 1 aliphatic carbocycles. The second kappa shape index (κ2) is 8.77. The van der Waals surface area contributed by atoms with Crippen LogP contribution in [0.3, 0.4) is 0 Å². The van der Waals surface area contributed by atoms with Gasteiger partial charge in [-0.3, -0.25) is 19.4 Å². The summed E-state index contributed by atoms with van der Waals surface area (Å²) in [6, 6.07) is 6.19. The molecule has 2 heterocycles. The summed E-state index contributed by atoms with van der Waals surface area (Å²) in [5.74, 6) is -3.01. The van der Waals surface area contributed by atoms with Gasteiger partial charge in [0.25, 0.3) is 11.5 Å². The van der Waals surface area contributed by atoms with Gasteiger partial charge in [-0.1, -0.05) is 49.8 Å². The zero-order valence-electron chi connectivity index (χ0n) is 18.6. The van der Waals surface area contributed by atoms with E-state index >= 15 is 0 Å². The van der Waals surface area contributed by atoms with Crippen LogP contribution in [0.1, 0.15) is 56.1 Å². The number of alkyl halides is 3. The number of halogens is 3. The first-order valence-electron chi connectivity index (χ1n) is 11.2. The molecule has 1 aliphatic heterocycles. The summed E-state index contributed by atoms with van der Waals surface area (Å²) in [7, 11) is 0. The van der Waals surface area contributed by atoms with E-state index in [0.29, 0.717) is 6.42 Å². The number of nitrogens with zero attached hydrogens (tertiary/aromatic N) is 1. The Kier molecular flexibility index (Phi) is 6.13. The summed E-state index contributed by atoms with van der Waals surface area (Å²) in [5, 5.41) is 3.85. The van der Waals surface area contributed by atoms with Crippen LogP contribution in [0.4, 0.5) is 19.0 Å². The molecule has 0 bridgehead atoms. The number of hydrogen-bond donors (Lipinski definition) is 3. The molecule has 3 N–H and O–H groups in total. The van der Waals surface area contributed by atoms with Crippen molar-refractivity contribution >= 4 is 17.6 Å². The molecule has 1 atom stereocenters. The third-order valence-corrected chi connectivity index (χ3v) is 6.61. The molecule has 1 aromatic carbocycles. The first-order valence-corrected chi connectivity index (χ1v) is 11.2. The van der Waals surface area contributed by atoms with E-state index in [2.05, 4.69) is 0 Å². The van der Waals surface area contributed by atoms with Crippen molar-refractivity contribution < 1.29 is 22.8 Å². The van der Waals surface area contributed by atoms with Gasteiger partial charge in [-0.15, -0.1) is 0 Å². The molecule has 1 aromatic heterocycles. The lowest BCUT2D eigenvalue weighted by atomic mass is 9.85. The fraction of sp³-hybridized carbons (Fsp3) is 0.478. The lowest BCUT2D eigenvalue weighted by Gasteiger charge is -2.30. The Hall–Kier alpha value is -3.37. The zero-order chi connectivity index (χ0) is 24.7. The number of anilines is 1. The molecule has 0 saturated heterocycles. The number of carbonyl (C=O) groups excluding carboxylic acids is 2. The molecule has 1 saturated carbocycles. The van der Waals surface area contributed by atoms with Crippen LogP contribution in [0.2, 0.25) is 0 Å². The second-order valence-electron chi connectivity index (χ2n) is 8.95. The van der Waals surface area contributed by atoms with Crippen molar-refractivity contribution in [1.29, 1.82) is 0 Å². The summed E-state index contributed by atoms with van der Waals surface area (Å²) in [4.78, 5) is 52.5. The lowest BCUT2D eigenvalue weighted by molar-refractivity contribution is -0.200. The summed E-state index contributed by atoms with van der Waals surface area (Å²) in [6.45, 7) is 1.78. The highest BCUT2D eigenvalue weighted by Crippen LogP contribution is 2.45. The topological polar surface area (TPSA) is 113 Å². The number of rotatable bonds is 5. The first-order chi connectivity index (χ1) is 16.0. The van der Waals surface area contributed by atoms with Crippen molar-refractivity contribution in [2.24, 2.45) is 5.92 Å². The van der Waals surface area contributed by atoms with Gasteiger partial charge in [-0.05, 0) is 31.4 Å². The molecule has 1 fully saturated rings. The van der Waals surface area contributed by atoms with Gasteiger partial charge < -0.3 is 10.6 Å². The summed E-state index contributed by atoms with van der Waals surface area (Å²) in [5.41, 5.74) is -6.11. The van der Waals surface area contributed by atoms with Gasteiger partial charge in [-0.2, -0.15) is 13.2 Å². The SMILES string of the molecule is Cc1ccc(-n2c3c(c(=O)[nH]c2=O)C(NC(=O)CCC2CCCCC2)(C(F)(F)F)C(=O)N3)cc1. The van der Waals surface area contributed by atoms with Gasteiger partial charge in [0.2, 0.25) is 11.4 Å². The van der Waals surface area contributed by atoms with E-state index in [4.69, 9.17) is 0 Å². The largest absolute Gasteiger partial charge is 0.425 e. The molecule has 11 heteroatoms. The van der Waals surface area contributed by atoms with Crippen molar-refractivity contribution in [2.45, 2.75) is 63.6 Å². The van der Waals surface area contributed by atoms with Crippen molar-refractivity contribution in [2.75, 3.05) is 5.32 Å². The zero-order valence-corrected chi connectivity index (χ0v) is 18.6. The van der Waals surface area contributed by atoms with E-state index in [1.165, 1.54) is 12.1 Å². The normalized spacial score (nSPS) is 20.6. The number of aromatic nitrogens is 2. The molecule has 2 amide bonds. The third-order valence-electron chi connectivity index (χ3n) is 6.61. The number of aryl methyl sites for hydroxylation is 1. The second-order valence-corrected chi connectivity index (χ2v) is 8.95. The van der Waals surface area contributed by atoms with Crippen molar-refractivity contribution in [3.63, 3.8) is 0 Å². The molecular formula is C23H25F3N4O4. The standard InChI is InChI=1S/C23H25F3N4O4/c1-13-7-10-15(11-8-13)30-18-17(19(32)28-21(30)34)22(20(33)27-18,23(24,25)26)29-16(31)12-9-14-5-3-2-4-6-14/h7-8,10-11,14H,2-6,9,12H2,1H3,(H,27,33)(H,29,31)(H,28,32,34). The van der Waals surface area contributed by atoms with E-state index in [0.717, 1.165) is 42.2 Å². The van der Waals surface area contributed by atoms with Gasteiger partial charge in [0.05, 0.1) is 5.69 Å². The summed E-state index contributed by atoms with van der Waals surface area (Å²) in [6.07, 6.45) is -0.213. The maximum absolute atomic E-state index is 14.5. The predicted octanol–water partition coefficient (Wildman–Crippen LogP) is 3.02. The Morgan fingerprint density at radius 1 is 1.12 bits per heavy atom. The van der Waals surface area contributed by atoms with Crippen LogP contribution >= 0.6 is 0 Å². The highest BCUT2D eigenvalue weighted by molar-refractivity contribution is 6.07. The minimum Gasteiger partial charge on any atom is -0.330 e. The molecule has 34 heavy (non-hydrogen) atoms. The third kappa shape index (κ3) is 4.03. The molecule has 0 spiro atoms. The van der Waals surface area contributed by atoms with E-state index in [9.17, 15) is 32.3 Å². The van der Waals surface area contributed by atoms with E-state index in [-0.39, 0.29) is 18.0 Å². The Bertz CT molecular complexity index is 1230. The summed E-state index contributed by atoms with van der Waals surface area (Å²) >= 11 is 0. The van der Waals surface area contributed by atoms with Crippen molar-refractivity contribution in [3.8, 4) is 5.69 Å². The average molecular weight is 478 g/mol. The number of carbonyl (C=O) groups is 2. The minimum atomic E-state index is -5.34. The van der Waals surface area contributed by atoms with Crippen LogP contribution in [0.5, 0.6) is 0 Å². The molecule has 2 aliphatic rings. The van der Waals surface area contributed by atoms with Crippen molar-refractivity contribution in [1.82, 2.24) is 14.9 Å². The van der Waals surface area contributed by atoms with Gasteiger partial charge in [0, 0.05) is 6.42 Å². The van der Waals surface area contributed by atoms with Crippen LogP contribution in [0.25, 0.3) is 5.69 Å². The van der Waals surface area contributed by atoms with E-state index in [1.807, 2.05) is 15.6 Å². The number of benzene rings is 1. The minimum absolute atomic E-state index is 0.144. The van der Waals surface area contributed by atoms with Crippen LogP contribution in [0.15, 0.2) is 33.9 Å². The number of amides is 2. The first kappa shape index (κ1) is 23.8. The molecule has 1 unspecified atom stereocenters. The fourth-order valence-electron chi connectivity index (χ4n) is 4.80. The van der Waals surface area contributed by atoms with Crippen LogP contribution in [0, 0.1) is 12.8 Å². The van der Waals surface area contributed by atoms with Gasteiger partial charge >= 0.3 is 11.9 Å². The van der Waals surface area contributed by atoms with E-state index < -0.39 is 46.2 Å². The molecule has 0 radical (unpaired) electrons. The molecule has 2 aromatic rings. The van der Waals surface area contributed by atoms with Gasteiger partial charge in [0.1, 0.15) is 11.4 Å². The Balaban J connectivity index is 1.77. The van der Waals surface area contributed by atoms with Gasteiger partial charge in [-0.25, -0.2) is 9.36 Å². The van der Waals surface area contributed by atoms with Crippen LogP contribution < -0.4 is 21.9 Å². The number of H-pyrrole nitrogens is 1. The maximum atomic E-state index is 14.5. The van der Waals surface area contributed by atoms with E-state index in [1.54, 1.807) is 19.1 Å². The molecule has 8 nitrogen and oxygen atoms in total. The Morgan fingerprint density at radius 3 is 2.38 bits per heavy atom. The highest BCUT2D eigenvalue weighted by atomic mass is 19.4. The average Bonchev–Trinajstić information content (AvgIpc) is 3.07. The lowest BCUT2D eigenvalue weighted by Crippen LogP contribution is -2.62. The quantitative estimate of drug-likeness (QED) is 0.613. The number of hydrogen-bond acceptors (Lipinski definition) is 4.